The fourth-order valence-corrected chi connectivity index (χ4v) is 4.30. The number of aryl methyl sites for hydroxylation is 2. The zero-order valence-electron chi connectivity index (χ0n) is 15.6. The van der Waals surface area contributed by atoms with E-state index < -0.39 is 10.0 Å². The van der Waals surface area contributed by atoms with Gasteiger partial charge in [0.2, 0.25) is 0 Å². The van der Waals surface area contributed by atoms with Crippen molar-refractivity contribution in [3.05, 3.63) is 59.2 Å². The van der Waals surface area contributed by atoms with Gasteiger partial charge in [0, 0.05) is 18.2 Å². The summed E-state index contributed by atoms with van der Waals surface area (Å²) in [5.41, 5.74) is 2.47. The smallest absolute Gasteiger partial charge is 0.261 e. The van der Waals surface area contributed by atoms with E-state index in [0.717, 1.165) is 30.5 Å². The Kier molecular flexibility index (Phi) is 5.82. The molecule has 0 aliphatic carbocycles. The van der Waals surface area contributed by atoms with Crippen molar-refractivity contribution in [2.45, 2.75) is 37.6 Å². The molecule has 2 aromatic rings. The summed E-state index contributed by atoms with van der Waals surface area (Å²) >= 11 is 0. The highest BCUT2D eigenvalue weighted by atomic mass is 32.2. The van der Waals surface area contributed by atoms with Crippen molar-refractivity contribution >= 4 is 21.6 Å². The monoisotopic (exact) mass is 387 g/mol. The van der Waals surface area contributed by atoms with Crippen LogP contribution in [0.3, 0.4) is 0 Å². The van der Waals surface area contributed by atoms with Gasteiger partial charge in [0.15, 0.2) is 0 Å². The van der Waals surface area contributed by atoms with Crippen molar-refractivity contribution in [2.24, 2.45) is 0 Å². The summed E-state index contributed by atoms with van der Waals surface area (Å²) in [4.78, 5) is 12.6. The number of amides is 1. The minimum atomic E-state index is -3.78. The van der Waals surface area contributed by atoms with E-state index in [4.69, 9.17) is 0 Å². The minimum absolute atomic E-state index is 0.0699. The average molecular weight is 388 g/mol. The van der Waals surface area contributed by atoms with Crippen LogP contribution in [0.1, 0.15) is 34.3 Å². The molecular weight excluding hydrogens is 362 g/mol. The van der Waals surface area contributed by atoms with E-state index in [9.17, 15) is 13.2 Å². The van der Waals surface area contributed by atoms with E-state index >= 15 is 0 Å². The molecule has 0 spiro atoms. The molecule has 0 radical (unpaired) electrons. The van der Waals surface area contributed by atoms with Gasteiger partial charge in [-0.2, -0.15) is 0 Å². The number of anilines is 1. The maximum Gasteiger partial charge on any atom is 0.261 e. The van der Waals surface area contributed by atoms with Crippen LogP contribution in [-0.4, -0.2) is 33.5 Å². The Morgan fingerprint density at radius 1 is 1.15 bits per heavy atom. The van der Waals surface area contributed by atoms with Gasteiger partial charge < -0.3 is 10.6 Å². The third-order valence-electron chi connectivity index (χ3n) is 4.82. The van der Waals surface area contributed by atoms with E-state index in [1.807, 2.05) is 19.1 Å². The molecule has 7 heteroatoms. The second kappa shape index (κ2) is 8.10. The van der Waals surface area contributed by atoms with Crippen molar-refractivity contribution in [3.63, 3.8) is 0 Å². The third kappa shape index (κ3) is 4.67. The number of hydrogen-bond acceptors (Lipinski definition) is 4. The highest BCUT2D eigenvalue weighted by molar-refractivity contribution is 7.92. The molecule has 1 fully saturated rings. The molecule has 1 unspecified atom stereocenters. The van der Waals surface area contributed by atoms with Crippen molar-refractivity contribution in [3.8, 4) is 0 Å². The molecule has 1 saturated heterocycles. The molecule has 3 N–H and O–H groups in total. The molecule has 2 aromatic carbocycles. The Morgan fingerprint density at radius 3 is 2.63 bits per heavy atom. The maximum absolute atomic E-state index is 12.8. The van der Waals surface area contributed by atoms with Crippen LogP contribution in [0.4, 0.5) is 5.69 Å². The summed E-state index contributed by atoms with van der Waals surface area (Å²) in [6.45, 7) is 5.14. The molecular formula is C20H25N3O3S. The van der Waals surface area contributed by atoms with Gasteiger partial charge in [-0.1, -0.05) is 24.3 Å². The standard InChI is InChI=1S/C20H25N3O3S/c1-14-9-10-17(27(25,26)23-19-8-4-3-6-15(19)2)12-18(14)20(24)22-13-16-7-5-11-21-16/h3-4,6,8-10,12,16,21,23H,5,7,11,13H2,1-2H3,(H,22,24). The van der Waals surface area contributed by atoms with Gasteiger partial charge >= 0.3 is 0 Å². The summed E-state index contributed by atoms with van der Waals surface area (Å²) in [6, 6.07) is 12.1. The predicted molar refractivity (Wildman–Crippen MR) is 107 cm³/mol. The van der Waals surface area contributed by atoms with E-state index in [0.29, 0.717) is 17.8 Å². The fraction of sp³-hybridized carbons (Fsp3) is 0.350. The number of rotatable bonds is 6. The topological polar surface area (TPSA) is 87.3 Å². The van der Waals surface area contributed by atoms with Gasteiger partial charge in [-0.15, -0.1) is 0 Å². The summed E-state index contributed by atoms with van der Waals surface area (Å²) in [5.74, 6) is -0.255. The zero-order chi connectivity index (χ0) is 19.4. The van der Waals surface area contributed by atoms with Gasteiger partial charge in [0.1, 0.15) is 0 Å². The number of para-hydroxylation sites is 1. The molecule has 27 heavy (non-hydrogen) atoms. The van der Waals surface area contributed by atoms with Crippen LogP contribution in [0.15, 0.2) is 47.4 Å². The van der Waals surface area contributed by atoms with E-state index in [-0.39, 0.29) is 16.8 Å². The summed E-state index contributed by atoms with van der Waals surface area (Å²) in [5, 5.41) is 6.23. The molecule has 0 aromatic heterocycles. The SMILES string of the molecule is Cc1ccccc1NS(=O)(=O)c1ccc(C)c(C(=O)NCC2CCCN2)c1. The summed E-state index contributed by atoms with van der Waals surface area (Å²) in [7, 11) is -3.78. The van der Waals surface area contributed by atoms with E-state index in [2.05, 4.69) is 15.4 Å². The molecule has 1 atom stereocenters. The van der Waals surface area contributed by atoms with Crippen LogP contribution in [0.5, 0.6) is 0 Å². The second-order valence-electron chi connectivity index (χ2n) is 6.90. The predicted octanol–water partition coefficient (Wildman–Crippen LogP) is 2.59. The molecule has 0 saturated carbocycles. The Labute approximate surface area is 160 Å². The first kappa shape index (κ1) is 19.4. The lowest BCUT2D eigenvalue weighted by Gasteiger charge is -2.14. The van der Waals surface area contributed by atoms with Crippen LogP contribution in [0.25, 0.3) is 0 Å². The van der Waals surface area contributed by atoms with E-state index in [1.54, 1.807) is 25.1 Å². The highest BCUT2D eigenvalue weighted by Crippen LogP contribution is 2.21. The molecule has 1 amide bonds. The normalized spacial score (nSPS) is 16.9. The largest absolute Gasteiger partial charge is 0.350 e. The molecule has 3 rings (SSSR count). The summed E-state index contributed by atoms with van der Waals surface area (Å²) < 4.78 is 28.1. The molecule has 144 valence electrons. The number of benzene rings is 2. The first-order chi connectivity index (χ1) is 12.9. The van der Waals surface area contributed by atoms with Crippen molar-refractivity contribution in [2.75, 3.05) is 17.8 Å². The fourth-order valence-electron chi connectivity index (χ4n) is 3.15. The van der Waals surface area contributed by atoms with Crippen molar-refractivity contribution in [1.82, 2.24) is 10.6 Å². The second-order valence-corrected chi connectivity index (χ2v) is 8.58. The van der Waals surface area contributed by atoms with Crippen LogP contribution < -0.4 is 15.4 Å². The Morgan fingerprint density at radius 2 is 1.93 bits per heavy atom. The lowest BCUT2D eigenvalue weighted by atomic mass is 10.1. The highest BCUT2D eigenvalue weighted by Gasteiger charge is 2.20. The molecule has 0 bridgehead atoms. The first-order valence-corrected chi connectivity index (χ1v) is 10.6. The number of carbonyl (C=O) groups is 1. The lowest BCUT2D eigenvalue weighted by molar-refractivity contribution is 0.0949. The number of hydrogen-bond donors (Lipinski definition) is 3. The molecule has 1 aliphatic rings. The van der Waals surface area contributed by atoms with Crippen LogP contribution in [0, 0.1) is 13.8 Å². The molecule has 1 aliphatic heterocycles. The average Bonchev–Trinajstić information content (AvgIpc) is 3.15. The van der Waals surface area contributed by atoms with Gasteiger partial charge in [-0.05, 0) is 62.6 Å². The third-order valence-corrected chi connectivity index (χ3v) is 6.19. The van der Waals surface area contributed by atoms with Crippen molar-refractivity contribution in [1.29, 1.82) is 0 Å². The maximum atomic E-state index is 12.8. The lowest BCUT2D eigenvalue weighted by Crippen LogP contribution is -2.37. The Hall–Kier alpha value is -2.38. The van der Waals surface area contributed by atoms with Gasteiger partial charge in [0.05, 0.1) is 10.6 Å². The van der Waals surface area contributed by atoms with E-state index in [1.165, 1.54) is 12.1 Å². The molecule has 1 heterocycles. The van der Waals surface area contributed by atoms with Crippen LogP contribution in [0.2, 0.25) is 0 Å². The minimum Gasteiger partial charge on any atom is -0.350 e. The number of carbonyl (C=O) groups excluding carboxylic acids is 1. The van der Waals surface area contributed by atoms with Crippen LogP contribution >= 0.6 is 0 Å². The Balaban J connectivity index is 1.79. The Bertz CT molecular complexity index is 935. The molecule has 6 nitrogen and oxygen atoms in total. The quantitative estimate of drug-likeness (QED) is 0.711. The van der Waals surface area contributed by atoms with Gasteiger partial charge in [-0.25, -0.2) is 8.42 Å². The van der Waals surface area contributed by atoms with Crippen molar-refractivity contribution < 1.29 is 13.2 Å². The number of nitrogens with one attached hydrogen (secondary N) is 3. The number of sulfonamides is 1. The zero-order valence-corrected chi connectivity index (χ0v) is 16.4. The van der Waals surface area contributed by atoms with Gasteiger partial charge in [0.25, 0.3) is 15.9 Å². The van der Waals surface area contributed by atoms with Gasteiger partial charge in [-0.3, -0.25) is 9.52 Å². The van der Waals surface area contributed by atoms with Crippen LogP contribution in [-0.2, 0) is 10.0 Å². The summed E-state index contributed by atoms with van der Waals surface area (Å²) in [6.07, 6.45) is 2.14. The first-order valence-electron chi connectivity index (χ1n) is 9.07.